The minimum atomic E-state index is -1.08. The summed E-state index contributed by atoms with van der Waals surface area (Å²) in [7, 11) is 0. The van der Waals surface area contributed by atoms with Gasteiger partial charge in [0.1, 0.15) is 6.73 Å². The average Bonchev–Trinajstić information content (AvgIpc) is 2.52. The maximum Gasteiger partial charge on any atom is 0.412 e. The lowest BCUT2D eigenvalue weighted by atomic mass is 10.3. The molecule has 0 unspecified atom stereocenters. The smallest absolute Gasteiger partial charge is 0.412 e. The molecule has 0 aromatic rings. The second-order valence-electron chi connectivity index (χ2n) is 2.52. The largest absolute Gasteiger partial charge is 0.480 e. The number of nitrogens with zero attached hydrogens (tertiary/aromatic N) is 1. The Labute approximate surface area is 75.0 Å². The summed E-state index contributed by atoms with van der Waals surface area (Å²) in [5, 5.41) is 8.67. The third-order valence-electron chi connectivity index (χ3n) is 1.67. The van der Waals surface area contributed by atoms with E-state index in [-0.39, 0.29) is 19.9 Å². The molecule has 1 N–H and O–H groups in total. The van der Waals surface area contributed by atoms with Gasteiger partial charge in [0.25, 0.3) is 0 Å². The first-order valence-corrected chi connectivity index (χ1v) is 3.90. The van der Waals surface area contributed by atoms with Gasteiger partial charge >= 0.3 is 12.1 Å². The molecule has 1 fully saturated rings. The Kier molecular flexibility index (Phi) is 3.07. The monoisotopic (exact) mass is 189 g/mol. The normalized spacial score (nSPS) is 21.6. The molecule has 0 bridgehead atoms. The maximum absolute atomic E-state index is 11.1. The molecule has 6 heteroatoms. The Hall–Kier alpha value is -1.30. The molecule has 1 rings (SSSR count). The van der Waals surface area contributed by atoms with E-state index in [9.17, 15) is 9.59 Å². The number of hydrogen-bond donors (Lipinski definition) is 1. The van der Waals surface area contributed by atoms with Gasteiger partial charge in [-0.05, 0) is 6.92 Å². The number of rotatable bonds is 2. The zero-order valence-corrected chi connectivity index (χ0v) is 7.23. The predicted molar refractivity (Wildman–Crippen MR) is 41.1 cm³/mol. The fourth-order valence-electron chi connectivity index (χ4n) is 1.03. The van der Waals surface area contributed by atoms with Crippen molar-refractivity contribution in [3.05, 3.63) is 0 Å². The highest BCUT2D eigenvalue weighted by Crippen LogP contribution is 2.10. The fraction of sp³-hybridized carbons (Fsp3) is 0.714. The molecule has 0 aromatic carbocycles. The van der Waals surface area contributed by atoms with Gasteiger partial charge in [0, 0.05) is 0 Å². The number of carbonyl (C=O) groups is 2. The molecule has 0 aliphatic carbocycles. The number of hydrogen-bond acceptors (Lipinski definition) is 4. The van der Waals surface area contributed by atoms with Crippen LogP contribution in [0.4, 0.5) is 4.79 Å². The van der Waals surface area contributed by atoms with Crippen LogP contribution in [0.25, 0.3) is 0 Å². The van der Waals surface area contributed by atoms with Crippen LogP contribution in [0.2, 0.25) is 0 Å². The molecule has 1 aliphatic rings. The van der Waals surface area contributed by atoms with Gasteiger partial charge < -0.3 is 14.6 Å². The summed E-state index contributed by atoms with van der Waals surface area (Å²) in [6.07, 6.45) is -0.646. The van der Waals surface area contributed by atoms with E-state index >= 15 is 0 Å². The van der Waals surface area contributed by atoms with Crippen LogP contribution in [0.1, 0.15) is 6.92 Å². The summed E-state index contributed by atoms with van der Waals surface area (Å²) in [6.45, 7) is 1.89. The van der Waals surface area contributed by atoms with E-state index in [0.717, 1.165) is 4.90 Å². The van der Waals surface area contributed by atoms with Crippen LogP contribution < -0.4 is 0 Å². The molecule has 1 atom stereocenters. The standard InChI is InChI=1S/C7H11NO5/c1-2-13-7(11)8-4-12-3-5(8)6(9)10/h5H,2-4H2,1H3,(H,9,10)/t5-/m1/s1. The number of aliphatic carboxylic acids is 1. The van der Waals surface area contributed by atoms with Crippen molar-refractivity contribution < 1.29 is 24.2 Å². The molecule has 0 saturated carbocycles. The summed E-state index contributed by atoms with van der Waals surface area (Å²) in [4.78, 5) is 22.8. The Balaban J connectivity index is 2.57. The lowest BCUT2D eigenvalue weighted by molar-refractivity contribution is -0.141. The van der Waals surface area contributed by atoms with E-state index in [4.69, 9.17) is 9.84 Å². The molecular weight excluding hydrogens is 178 g/mol. The highest BCUT2D eigenvalue weighted by molar-refractivity contribution is 5.80. The van der Waals surface area contributed by atoms with Crippen molar-refractivity contribution in [2.75, 3.05) is 19.9 Å². The minimum absolute atomic E-state index is 0.0181. The van der Waals surface area contributed by atoms with E-state index in [2.05, 4.69) is 4.74 Å². The first kappa shape index (κ1) is 9.79. The third-order valence-corrected chi connectivity index (χ3v) is 1.67. The highest BCUT2D eigenvalue weighted by atomic mass is 16.6. The molecular formula is C7H11NO5. The lowest BCUT2D eigenvalue weighted by Crippen LogP contribution is -2.42. The fourth-order valence-corrected chi connectivity index (χ4v) is 1.03. The molecule has 74 valence electrons. The molecule has 0 aromatic heterocycles. The van der Waals surface area contributed by atoms with Crippen molar-refractivity contribution in [1.82, 2.24) is 4.90 Å². The summed E-state index contributed by atoms with van der Waals surface area (Å²) in [5.74, 6) is -1.08. The van der Waals surface area contributed by atoms with Crippen LogP contribution in [-0.4, -0.2) is 48.1 Å². The van der Waals surface area contributed by atoms with Gasteiger partial charge in [0.05, 0.1) is 13.2 Å². The van der Waals surface area contributed by atoms with Gasteiger partial charge in [-0.2, -0.15) is 0 Å². The number of ether oxygens (including phenoxy) is 2. The van der Waals surface area contributed by atoms with Crippen molar-refractivity contribution in [2.24, 2.45) is 0 Å². The highest BCUT2D eigenvalue weighted by Gasteiger charge is 2.35. The minimum Gasteiger partial charge on any atom is -0.480 e. The summed E-state index contributed by atoms with van der Waals surface area (Å²) in [6, 6.07) is -0.918. The average molecular weight is 189 g/mol. The molecule has 1 amide bonds. The first-order chi connectivity index (χ1) is 6.16. The Bertz CT molecular complexity index is 217. The van der Waals surface area contributed by atoms with E-state index in [1.54, 1.807) is 6.92 Å². The quantitative estimate of drug-likeness (QED) is 0.655. The zero-order valence-electron chi connectivity index (χ0n) is 7.23. The van der Waals surface area contributed by atoms with Gasteiger partial charge in [0.2, 0.25) is 0 Å². The summed E-state index contributed by atoms with van der Waals surface area (Å²) in [5.41, 5.74) is 0. The molecule has 1 saturated heterocycles. The van der Waals surface area contributed by atoms with Gasteiger partial charge in [-0.3, -0.25) is 4.90 Å². The second-order valence-corrected chi connectivity index (χ2v) is 2.52. The molecule has 6 nitrogen and oxygen atoms in total. The summed E-state index contributed by atoms with van der Waals surface area (Å²) >= 11 is 0. The van der Waals surface area contributed by atoms with E-state index in [1.165, 1.54) is 0 Å². The number of carboxylic acids is 1. The molecule has 1 heterocycles. The molecule has 0 spiro atoms. The van der Waals surface area contributed by atoms with Crippen molar-refractivity contribution in [3.8, 4) is 0 Å². The van der Waals surface area contributed by atoms with Crippen LogP contribution in [0.3, 0.4) is 0 Å². The Morgan fingerprint density at radius 2 is 2.38 bits per heavy atom. The topological polar surface area (TPSA) is 76.1 Å². The van der Waals surface area contributed by atoms with Gasteiger partial charge in [0.15, 0.2) is 6.04 Å². The lowest BCUT2D eigenvalue weighted by Gasteiger charge is -2.17. The van der Waals surface area contributed by atoms with Crippen molar-refractivity contribution >= 4 is 12.1 Å². The third kappa shape index (κ3) is 2.09. The van der Waals surface area contributed by atoms with Gasteiger partial charge in [-0.15, -0.1) is 0 Å². The summed E-state index contributed by atoms with van der Waals surface area (Å²) < 4.78 is 9.49. The Morgan fingerprint density at radius 3 is 2.92 bits per heavy atom. The van der Waals surface area contributed by atoms with Crippen molar-refractivity contribution in [3.63, 3.8) is 0 Å². The van der Waals surface area contributed by atoms with Gasteiger partial charge in [-0.1, -0.05) is 0 Å². The van der Waals surface area contributed by atoms with Crippen LogP contribution >= 0.6 is 0 Å². The predicted octanol–water partition coefficient (Wildman–Crippen LogP) is -0.114. The van der Waals surface area contributed by atoms with E-state index in [0.29, 0.717) is 0 Å². The molecule has 1 aliphatic heterocycles. The number of amides is 1. The maximum atomic E-state index is 11.1. The van der Waals surface area contributed by atoms with Crippen LogP contribution in [-0.2, 0) is 14.3 Å². The van der Waals surface area contributed by atoms with Crippen molar-refractivity contribution in [2.45, 2.75) is 13.0 Å². The van der Waals surface area contributed by atoms with Crippen LogP contribution in [0.15, 0.2) is 0 Å². The number of carbonyl (C=O) groups excluding carboxylic acids is 1. The number of carboxylic acid groups (broad SMARTS) is 1. The SMILES string of the molecule is CCOC(=O)N1COC[C@@H]1C(=O)O. The van der Waals surface area contributed by atoms with Crippen molar-refractivity contribution in [1.29, 1.82) is 0 Å². The van der Waals surface area contributed by atoms with E-state index < -0.39 is 18.1 Å². The molecule has 13 heavy (non-hydrogen) atoms. The Morgan fingerprint density at radius 1 is 1.69 bits per heavy atom. The van der Waals surface area contributed by atoms with Crippen LogP contribution in [0, 0.1) is 0 Å². The van der Waals surface area contributed by atoms with Gasteiger partial charge in [-0.25, -0.2) is 9.59 Å². The van der Waals surface area contributed by atoms with E-state index in [1.807, 2.05) is 0 Å². The first-order valence-electron chi connectivity index (χ1n) is 3.90. The molecule has 0 radical (unpaired) electrons. The van der Waals surface area contributed by atoms with Crippen LogP contribution in [0.5, 0.6) is 0 Å². The second kappa shape index (κ2) is 4.08. The zero-order chi connectivity index (χ0) is 9.84.